The maximum absolute atomic E-state index is 12.1. The third kappa shape index (κ3) is 3.39. The number of carbonyl (C=O) groups is 1. The van der Waals surface area contributed by atoms with Crippen molar-refractivity contribution in [2.24, 2.45) is 0 Å². The van der Waals surface area contributed by atoms with Crippen LogP contribution in [0.1, 0.15) is 37.2 Å². The van der Waals surface area contributed by atoms with Gasteiger partial charge in [0, 0.05) is 37.5 Å². The number of likely N-dealkylation sites (N-methyl/N-ethyl adjacent to an activating group) is 1. The van der Waals surface area contributed by atoms with Crippen molar-refractivity contribution in [1.29, 1.82) is 0 Å². The number of nitrogens with zero attached hydrogens (tertiary/aromatic N) is 3. The molecule has 0 spiro atoms. The largest absolute Gasteiger partial charge is 0.354 e. The van der Waals surface area contributed by atoms with Gasteiger partial charge in [0.05, 0.1) is 11.9 Å². The van der Waals surface area contributed by atoms with Gasteiger partial charge < -0.3 is 15.7 Å². The molecule has 0 aromatic carbocycles. The standard InChI is InChI=1S/C16H23N5O4S/c1-4-21(26(3,24)25)16(23)8-7-12(9-18-16)14-19-13(11-5-6-11)10-20(14)15(22)17-2/h7-11,18,23H,4-6H2,1-3H3,(H,17,22). The molecule has 1 atom stereocenters. The van der Waals surface area contributed by atoms with Gasteiger partial charge in [-0.1, -0.05) is 6.92 Å². The summed E-state index contributed by atoms with van der Waals surface area (Å²) < 4.78 is 26.1. The van der Waals surface area contributed by atoms with Crippen LogP contribution in [0.25, 0.3) is 5.57 Å². The van der Waals surface area contributed by atoms with E-state index < -0.39 is 15.9 Å². The first-order valence-corrected chi connectivity index (χ1v) is 10.2. The number of carbonyl (C=O) groups excluding carboxylic acids is 1. The van der Waals surface area contributed by atoms with Crippen molar-refractivity contribution in [1.82, 2.24) is 24.5 Å². The Morgan fingerprint density at radius 2 is 2.23 bits per heavy atom. The van der Waals surface area contributed by atoms with E-state index in [2.05, 4.69) is 15.6 Å². The first-order valence-electron chi connectivity index (χ1n) is 8.38. The average molecular weight is 381 g/mol. The molecule has 2 heterocycles. The number of dihydropyridines is 1. The number of sulfonamides is 1. The second-order valence-electron chi connectivity index (χ2n) is 6.42. The first kappa shape index (κ1) is 18.6. The molecule has 0 saturated heterocycles. The summed E-state index contributed by atoms with van der Waals surface area (Å²) in [6.45, 7) is 1.72. The fraction of sp³-hybridized carbons (Fsp3) is 0.500. The molecule has 142 valence electrons. The zero-order valence-electron chi connectivity index (χ0n) is 14.9. The van der Waals surface area contributed by atoms with Gasteiger partial charge in [0.15, 0.2) is 0 Å². The zero-order valence-corrected chi connectivity index (χ0v) is 15.7. The number of imidazole rings is 1. The van der Waals surface area contributed by atoms with E-state index in [4.69, 9.17) is 0 Å². The van der Waals surface area contributed by atoms with Gasteiger partial charge in [0.25, 0.3) is 0 Å². The molecule has 1 fully saturated rings. The SMILES string of the molecule is CCN(C1(O)C=CC(c2nc(C3CC3)cn2C(=O)NC)=CN1)S(C)(=O)=O. The van der Waals surface area contributed by atoms with Crippen LogP contribution in [-0.4, -0.2) is 59.1 Å². The van der Waals surface area contributed by atoms with E-state index in [0.717, 1.165) is 29.1 Å². The summed E-state index contributed by atoms with van der Waals surface area (Å²) in [5.41, 5.74) is 1.42. The molecule has 10 heteroatoms. The third-order valence-electron chi connectivity index (χ3n) is 4.41. The molecule has 1 aromatic rings. The smallest absolute Gasteiger partial charge is 0.327 e. The van der Waals surface area contributed by atoms with Crippen molar-refractivity contribution in [2.75, 3.05) is 19.8 Å². The summed E-state index contributed by atoms with van der Waals surface area (Å²) >= 11 is 0. The van der Waals surface area contributed by atoms with Crippen LogP contribution in [0, 0.1) is 0 Å². The molecule has 1 saturated carbocycles. The van der Waals surface area contributed by atoms with Crippen LogP contribution >= 0.6 is 0 Å². The van der Waals surface area contributed by atoms with Gasteiger partial charge in [0.1, 0.15) is 5.82 Å². The molecular weight excluding hydrogens is 358 g/mol. The van der Waals surface area contributed by atoms with E-state index in [-0.39, 0.29) is 12.6 Å². The Bertz CT molecular complexity index is 884. The van der Waals surface area contributed by atoms with Crippen molar-refractivity contribution in [3.63, 3.8) is 0 Å². The zero-order chi connectivity index (χ0) is 19.1. The molecular formula is C16H23N5O4S. The predicted octanol–water partition coefficient (Wildman–Crippen LogP) is 0.376. The highest BCUT2D eigenvalue weighted by Crippen LogP contribution is 2.40. The quantitative estimate of drug-likeness (QED) is 0.635. The van der Waals surface area contributed by atoms with Crippen LogP contribution in [0.3, 0.4) is 0 Å². The van der Waals surface area contributed by atoms with E-state index in [0.29, 0.717) is 17.3 Å². The molecule has 1 unspecified atom stereocenters. The van der Waals surface area contributed by atoms with Gasteiger partial charge >= 0.3 is 6.03 Å². The minimum atomic E-state index is -3.62. The molecule has 3 N–H and O–H groups in total. The molecule has 1 aliphatic heterocycles. The number of nitrogens with one attached hydrogen (secondary N) is 2. The molecule has 2 aliphatic rings. The summed E-state index contributed by atoms with van der Waals surface area (Å²) in [5, 5.41) is 15.9. The maximum Gasteiger partial charge on any atom is 0.327 e. The van der Waals surface area contributed by atoms with Crippen LogP contribution in [-0.2, 0) is 10.0 Å². The highest BCUT2D eigenvalue weighted by Gasteiger charge is 2.38. The second-order valence-corrected chi connectivity index (χ2v) is 8.33. The van der Waals surface area contributed by atoms with Crippen molar-refractivity contribution >= 4 is 21.6 Å². The van der Waals surface area contributed by atoms with Crippen LogP contribution in [0.15, 0.2) is 24.5 Å². The number of aromatic nitrogens is 2. The summed E-state index contributed by atoms with van der Waals surface area (Å²) in [7, 11) is -2.09. The fourth-order valence-corrected chi connectivity index (χ4v) is 4.05. The van der Waals surface area contributed by atoms with Crippen LogP contribution in [0.4, 0.5) is 4.79 Å². The monoisotopic (exact) mass is 381 g/mol. The van der Waals surface area contributed by atoms with Gasteiger partial charge in [-0.15, -0.1) is 0 Å². The lowest BCUT2D eigenvalue weighted by molar-refractivity contribution is -0.0327. The molecule has 1 aliphatic carbocycles. The highest BCUT2D eigenvalue weighted by atomic mass is 32.2. The molecule has 9 nitrogen and oxygen atoms in total. The van der Waals surface area contributed by atoms with Crippen molar-refractivity contribution in [3.05, 3.63) is 36.1 Å². The van der Waals surface area contributed by atoms with Gasteiger partial charge in [-0.2, -0.15) is 4.31 Å². The highest BCUT2D eigenvalue weighted by molar-refractivity contribution is 7.88. The number of aliphatic hydroxyl groups is 1. The van der Waals surface area contributed by atoms with E-state index in [1.807, 2.05) is 0 Å². The Morgan fingerprint density at radius 1 is 1.54 bits per heavy atom. The van der Waals surface area contributed by atoms with E-state index in [9.17, 15) is 18.3 Å². The van der Waals surface area contributed by atoms with Gasteiger partial charge in [-0.25, -0.2) is 18.2 Å². The van der Waals surface area contributed by atoms with E-state index in [1.165, 1.54) is 23.9 Å². The fourth-order valence-electron chi connectivity index (χ4n) is 2.96. The number of hydrogen-bond acceptors (Lipinski definition) is 6. The number of rotatable bonds is 5. The van der Waals surface area contributed by atoms with Gasteiger partial charge in [-0.05, 0) is 25.0 Å². The molecule has 0 bridgehead atoms. The summed E-state index contributed by atoms with van der Waals surface area (Å²) in [5.74, 6) is -1.06. The Labute approximate surface area is 152 Å². The summed E-state index contributed by atoms with van der Waals surface area (Å²) in [4.78, 5) is 16.7. The van der Waals surface area contributed by atoms with Crippen LogP contribution in [0.5, 0.6) is 0 Å². The van der Waals surface area contributed by atoms with Crippen LogP contribution in [0.2, 0.25) is 0 Å². The molecule has 26 heavy (non-hydrogen) atoms. The molecule has 1 aromatic heterocycles. The Kier molecular flexibility index (Phi) is 4.67. The normalized spacial score (nSPS) is 22.9. The Morgan fingerprint density at radius 3 is 2.69 bits per heavy atom. The van der Waals surface area contributed by atoms with Crippen molar-refractivity contribution < 1.29 is 18.3 Å². The second kappa shape index (κ2) is 6.53. The molecule has 3 rings (SSSR count). The topological polar surface area (TPSA) is 117 Å². The van der Waals surface area contributed by atoms with Crippen molar-refractivity contribution in [2.45, 2.75) is 31.5 Å². The lowest BCUT2D eigenvalue weighted by Crippen LogP contribution is -2.58. The number of hydrogen-bond donors (Lipinski definition) is 3. The van der Waals surface area contributed by atoms with Gasteiger partial charge in [-0.3, -0.25) is 4.57 Å². The summed E-state index contributed by atoms with van der Waals surface area (Å²) in [6, 6.07) is -0.319. The number of amides is 1. The predicted molar refractivity (Wildman–Crippen MR) is 96.5 cm³/mol. The molecule has 0 radical (unpaired) electrons. The minimum Gasteiger partial charge on any atom is -0.354 e. The Balaban J connectivity index is 1.92. The lowest BCUT2D eigenvalue weighted by Gasteiger charge is -2.36. The third-order valence-corrected chi connectivity index (χ3v) is 5.75. The minimum absolute atomic E-state index is 0.0918. The molecule has 1 amide bonds. The lowest BCUT2D eigenvalue weighted by atomic mass is 10.1. The maximum atomic E-state index is 12.1. The number of allylic oxidation sites excluding steroid dienone is 2. The van der Waals surface area contributed by atoms with E-state index >= 15 is 0 Å². The van der Waals surface area contributed by atoms with Gasteiger partial charge in [0.2, 0.25) is 15.9 Å². The van der Waals surface area contributed by atoms with Crippen LogP contribution < -0.4 is 10.6 Å². The Hall–Kier alpha value is -2.17. The first-order chi connectivity index (χ1) is 12.2. The average Bonchev–Trinajstić information content (AvgIpc) is 3.33. The summed E-state index contributed by atoms with van der Waals surface area (Å²) in [6.07, 6.45) is 9.22. The van der Waals surface area contributed by atoms with Crippen molar-refractivity contribution in [3.8, 4) is 0 Å². The van der Waals surface area contributed by atoms with E-state index in [1.54, 1.807) is 19.2 Å².